The van der Waals surface area contributed by atoms with Gasteiger partial charge in [-0.05, 0) is 29.8 Å². The summed E-state index contributed by atoms with van der Waals surface area (Å²) in [5, 5.41) is 3.88. The summed E-state index contributed by atoms with van der Waals surface area (Å²) < 4.78 is 29.9. The van der Waals surface area contributed by atoms with Crippen LogP contribution in [0.3, 0.4) is 0 Å². The largest absolute Gasteiger partial charge is 0.378 e. The quantitative estimate of drug-likeness (QED) is 0.404. The lowest BCUT2D eigenvalue weighted by molar-refractivity contribution is 0.0953. The van der Waals surface area contributed by atoms with Gasteiger partial charge in [-0.25, -0.2) is 5.43 Å². The first-order valence-corrected chi connectivity index (χ1v) is 9.44. The molecule has 1 amide bonds. The van der Waals surface area contributed by atoms with Gasteiger partial charge in [-0.15, -0.1) is 0 Å². The van der Waals surface area contributed by atoms with Crippen molar-refractivity contribution in [2.45, 2.75) is 4.90 Å². The number of carbonyl (C=O) groups is 1. The molecule has 0 aliphatic heterocycles. The Morgan fingerprint density at radius 2 is 1.44 bits per heavy atom. The molecular formula is C20H16N2O4S. The fraction of sp³-hybridized carbons (Fsp3) is 0. The van der Waals surface area contributed by atoms with Gasteiger partial charge in [0.1, 0.15) is 4.90 Å². The molecule has 1 N–H and O–H groups in total. The summed E-state index contributed by atoms with van der Waals surface area (Å²) in [5.74, 6) is -0.658. The number of hydrogen-bond acceptors (Lipinski definition) is 5. The van der Waals surface area contributed by atoms with Crippen LogP contribution < -0.4 is 9.61 Å². The van der Waals surface area contributed by atoms with E-state index < -0.39 is 16.0 Å². The van der Waals surface area contributed by atoms with E-state index in [0.717, 1.165) is 5.56 Å². The van der Waals surface area contributed by atoms with E-state index in [0.29, 0.717) is 0 Å². The van der Waals surface area contributed by atoms with Crippen molar-refractivity contribution in [1.82, 2.24) is 5.43 Å². The Morgan fingerprint density at radius 3 is 2.15 bits per heavy atom. The van der Waals surface area contributed by atoms with Gasteiger partial charge < -0.3 is 4.18 Å². The van der Waals surface area contributed by atoms with Gasteiger partial charge >= 0.3 is 10.1 Å². The monoisotopic (exact) mass is 380 g/mol. The summed E-state index contributed by atoms with van der Waals surface area (Å²) in [5.41, 5.74) is 3.24. The topological polar surface area (TPSA) is 84.8 Å². The van der Waals surface area contributed by atoms with Gasteiger partial charge in [0.25, 0.3) is 5.91 Å². The number of hydrogen-bond donors (Lipinski definition) is 1. The number of nitrogens with zero attached hydrogens (tertiary/aromatic N) is 1. The van der Waals surface area contributed by atoms with Crippen molar-refractivity contribution in [3.8, 4) is 5.75 Å². The molecule has 0 unspecified atom stereocenters. The normalized spacial score (nSPS) is 11.3. The Morgan fingerprint density at radius 1 is 0.852 bits per heavy atom. The fourth-order valence-electron chi connectivity index (χ4n) is 2.25. The van der Waals surface area contributed by atoms with Crippen molar-refractivity contribution in [3.63, 3.8) is 0 Å². The van der Waals surface area contributed by atoms with Crippen molar-refractivity contribution in [3.05, 3.63) is 96.1 Å². The summed E-state index contributed by atoms with van der Waals surface area (Å²) in [4.78, 5) is 12.4. The molecule has 0 fully saturated rings. The lowest BCUT2D eigenvalue weighted by Crippen LogP contribution is -2.20. The molecule has 27 heavy (non-hydrogen) atoms. The first kappa shape index (κ1) is 18.3. The molecule has 3 aromatic carbocycles. The Balaban J connectivity index is 1.77. The van der Waals surface area contributed by atoms with Gasteiger partial charge in [-0.3, -0.25) is 4.79 Å². The molecule has 0 saturated heterocycles. The highest BCUT2D eigenvalue weighted by atomic mass is 32.2. The average Bonchev–Trinajstić information content (AvgIpc) is 2.69. The van der Waals surface area contributed by atoms with Crippen LogP contribution >= 0.6 is 0 Å². The standard InChI is InChI=1S/C20H16N2O4S/c23-20(22-21-15-16-9-3-1-4-10-16)18-13-7-8-14-19(18)26-27(24,25)17-11-5-2-6-12-17/h1-15H,(H,22,23)/b21-15+. The number of nitrogens with one attached hydrogen (secondary N) is 1. The Kier molecular flexibility index (Phi) is 5.63. The Hall–Kier alpha value is -3.45. The van der Waals surface area contributed by atoms with E-state index in [1.807, 2.05) is 30.3 Å². The number of para-hydroxylation sites is 1. The maximum Gasteiger partial charge on any atom is 0.339 e. The number of hydrazone groups is 1. The van der Waals surface area contributed by atoms with Gasteiger partial charge in [0.15, 0.2) is 5.75 Å². The molecule has 3 aromatic rings. The molecule has 0 saturated carbocycles. The molecule has 7 heteroatoms. The molecular weight excluding hydrogens is 364 g/mol. The average molecular weight is 380 g/mol. The Bertz CT molecular complexity index is 1050. The van der Waals surface area contributed by atoms with E-state index in [1.54, 1.807) is 30.3 Å². The molecule has 0 aliphatic rings. The SMILES string of the molecule is O=C(N/N=C/c1ccccc1)c1ccccc1OS(=O)(=O)c1ccccc1. The number of amides is 1. The highest BCUT2D eigenvalue weighted by Gasteiger charge is 2.20. The molecule has 0 radical (unpaired) electrons. The lowest BCUT2D eigenvalue weighted by atomic mass is 10.2. The van der Waals surface area contributed by atoms with E-state index in [1.165, 1.54) is 30.5 Å². The van der Waals surface area contributed by atoms with Gasteiger partial charge in [0.05, 0.1) is 11.8 Å². The molecule has 0 bridgehead atoms. The zero-order chi connectivity index (χ0) is 19.1. The third-order valence-corrected chi connectivity index (χ3v) is 4.79. The minimum Gasteiger partial charge on any atom is -0.378 e. The van der Waals surface area contributed by atoms with Gasteiger partial charge in [-0.2, -0.15) is 13.5 Å². The van der Waals surface area contributed by atoms with Crippen molar-refractivity contribution < 1.29 is 17.4 Å². The predicted octanol–water partition coefficient (Wildman–Crippen LogP) is 3.22. The summed E-state index contributed by atoms with van der Waals surface area (Å²) >= 11 is 0. The maximum absolute atomic E-state index is 12.4. The van der Waals surface area contributed by atoms with Crippen LogP contribution in [0.25, 0.3) is 0 Å². The summed E-state index contributed by atoms with van der Waals surface area (Å²) in [6.07, 6.45) is 1.49. The fourth-order valence-corrected chi connectivity index (χ4v) is 3.21. The molecule has 0 aliphatic carbocycles. The molecule has 0 aromatic heterocycles. The highest BCUT2D eigenvalue weighted by Crippen LogP contribution is 2.23. The minimum absolute atomic E-state index is 0.00214. The smallest absolute Gasteiger partial charge is 0.339 e. The van der Waals surface area contributed by atoms with Gasteiger partial charge in [-0.1, -0.05) is 60.7 Å². The second-order valence-electron chi connectivity index (χ2n) is 5.46. The minimum atomic E-state index is -4.05. The molecule has 3 rings (SSSR count). The van der Waals surface area contributed by atoms with Crippen LogP contribution in [0.5, 0.6) is 5.75 Å². The van der Waals surface area contributed by atoms with Crippen molar-refractivity contribution in [2.24, 2.45) is 5.10 Å². The molecule has 6 nitrogen and oxygen atoms in total. The van der Waals surface area contributed by atoms with Crippen LogP contribution in [-0.4, -0.2) is 20.5 Å². The van der Waals surface area contributed by atoms with Crippen LogP contribution in [0.2, 0.25) is 0 Å². The van der Waals surface area contributed by atoms with Crippen LogP contribution in [0, 0.1) is 0 Å². The van der Waals surface area contributed by atoms with E-state index >= 15 is 0 Å². The number of rotatable bonds is 6. The van der Waals surface area contributed by atoms with Gasteiger partial charge in [0, 0.05) is 0 Å². The summed E-state index contributed by atoms with van der Waals surface area (Å²) in [6, 6.07) is 23.0. The summed E-state index contributed by atoms with van der Waals surface area (Å²) in [6.45, 7) is 0. The van der Waals surface area contributed by atoms with Crippen molar-refractivity contribution >= 4 is 22.2 Å². The second-order valence-corrected chi connectivity index (χ2v) is 7.00. The van der Waals surface area contributed by atoms with E-state index in [2.05, 4.69) is 10.5 Å². The summed E-state index contributed by atoms with van der Waals surface area (Å²) in [7, 11) is -4.05. The van der Waals surface area contributed by atoms with Crippen molar-refractivity contribution in [1.29, 1.82) is 0 Å². The lowest BCUT2D eigenvalue weighted by Gasteiger charge is -2.10. The molecule has 136 valence electrons. The number of benzene rings is 3. The van der Waals surface area contributed by atoms with Crippen LogP contribution in [-0.2, 0) is 10.1 Å². The zero-order valence-electron chi connectivity index (χ0n) is 14.1. The maximum atomic E-state index is 12.4. The first-order chi connectivity index (χ1) is 13.1. The van der Waals surface area contributed by atoms with E-state index in [-0.39, 0.29) is 16.2 Å². The molecule has 0 spiro atoms. The third kappa shape index (κ3) is 4.80. The zero-order valence-corrected chi connectivity index (χ0v) is 15.0. The second kappa shape index (κ2) is 8.29. The van der Waals surface area contributed by atoms with E-state index in [9.17, 15) is 13.2 Å². The van der Waals surface area contributed by atoms with E-state index in [4.69, 9.17) is 4.18 Å². The first-order valence-electron chi connectivity index (χ1n) is 8.03. The molecule has 0 heterocycles. The van der Waals surface area contributed by atoms with Gasteiger partial charge in [0.2, 0.25) is 0 Å². The number of carbonyl (C=O) groups excluding carboxylic acids is 1. The van der Waals surface area contributed by atoms with Crippen molar-refractivity contribution in [2.75, 3.05) is 0 Å². The third-order valence-electron chi connectivity index (χ3n) is 3.54. The Labute approximate surface area is 157 Å². The van der Waals surface area contributed by atoms with Crippen LogP contribution in [0.1, 0.15) is 15.9 Å². The van der Waals surface area contributed by atoms with Crippen LogP contribution in [0.4, 0.5) is 0 Å². The van der Waals surface area contributed by atoms with Crippen LogP contribution in [0.15, 0.2) is 94.9 Å². The highest BCUT2D eigenvalue weighted by molar-refractivity contribution is 7.87. The predicted molar refractivity (Wildman–Crippen MR) is 102 cm³/mol. The molecule has 0 atom stereocenters.